The molecular formula is C20H23ClF2N4O4S. The smallest absolute Gasteiger partial charge is 0.296 e. The minimum Gasteiger partial charge on any atom is -0.471 e. The number of H-pyrrole nitrogens is 1. The minimum atomic E-state index is -3.26. The van der Waals surface area contributed by atoms with Gasteiger partial charge in [-0.3, -0.25) is 0 Å². The summed E-state index contributed by atoms with van der Waals surface area (Å²) in [5.41, 5.74) is 0.329. The fourth-order valence-electron chi connectivity index (χ4n) is 2.79. The second kappa shape index (κ2) is 9.55. The molecule has 0 aliphatic heterocycles. The maximum atomic E-state index is 14.3. The Kier molecular flexibility index (Phi) is 7.21. The van der Waals surface area contributed by atoms with Crippen molar-refractivity contribution in [3.63, 3.8) is 0 Å². The highest BCUT2D eigenvalue weighted by Gasteiger charge is 2.19. The average molecular weight is 489 g/mol. The van der Waals surface area contributed by atoms with Crippen LogP contribution in [-0.4, -0.2) is 44.2 Å². The molecule has 8 nitrogen and oxygen atoms in total. The van der Waals surface area contributed by atoms with Gasteiger partial charge >= 0.3 is 0 Å². The summed E-state index contributed by atoms with van der Waals surface area (Å²) in [5.74, 6) is -2.03. The van der Waals surface area contributed by atoms with E-state index in [1.54, 1.807) is 0 Å². The number of imidazole rings is 1. The van der Waals surface area contributed by atoms with E-state index in [-0.39, 0.29) is 39.7 Å². The first-order valence-electron chi connectivity index (χ1n) is 9.68. The Morgan fingerprint density at radius 1 is 1.19 bits per heavy atom. The van der Waals surface area contributed by atoms with Gasteiger partial charge in [0, 0.05) is 12.9 Å². The third kappa shape index (κ3) is 5.45. The third-order valence-corrected chi connectivity index (χ3v) is 6.08. The highest BCUT2D eigenvalue weighted by Crippen LogP contribution is 2.29. The van der Waals surface area contributed by atoms with E-state index in [0.717, 1.165) is 18.4 Å². The van der Waals surface area contributed by atoms with Crippen LogP contribution in [0.3, 0.4) is 0 Å². The number of nitrogens with zero attached hydrogens (tertiary/aromatic N) is 2. The normalized spacial score (nSPS) is 15.3. The molecule has 0 bridgehead atoms. The van der Waals surface area contributed by atoms with Crippen molar-refractivity contribution in [2.24, 2.45) is 0 Å². The molecule has 1 aromatic carbocycles. The number of halogens is 3. The zero-order valence-electron chi connectivity index (χ0n) is 17.9. The predicted molar refractivity (Wildman–Crippen MR) is 116 cm³/mol. The molecule has 0 amide bonds. The van der Waals surface area contributed by atoms with E-state index in [1.807, 2.05) is 20.8 Å². The standard InChI is InChI=1S/C20H23ClF2N4O4S/c1-5-29-10(2)11(3)31-20-25-17-8-14(21)19(26-18(17)27-20)30-9-13-15(22)6-12(7-16(13)23)32(4,24)28/h6-8,10-11,24H,5,9H2,1-4H3,(H,25,26,27)/t10-,11+,32?/m0/s1. The molecule has 0 spiro atoms. The van der Waals surface area contributed by atoms with Crippen LogP contribution in [0, 0.1) is 16.4 Å². The van der Waals surface area contributed by atoms with E-state index in [2.05, 4.69) is 15.0 Å². The molecule has 2 heterocycles. The molecule has 0 saturated heterocycles. The number of pyridine rings is 1. The van der Waals surface area contributed by atoms with Gasteiger partial charge in [-0.05, 0) is 39.0 Å². The summed E-state index contributed by atoms with van der Waals surface area (Å²) < 4.78 is 64.5. The van der Waals surface area contributed by atoms with Gasteiger partial charge in [0.2, 0.25) is 5.88 Å². The highest BCUT2D eigenvalue weighted by atomic mass is 35.5. The van der Waals surface area contributed by atoms with Crippen molar-refractivity contribution < 1.29 is 27.2 Å². The molecule has 32 heavy (non-hydrogen) atoms. The van der Waals surface area contributed by atoms with Gasteiger partial charge in [0.15, 0.2) is 5.65 Å². The fourth-order valence-corrected chi connectivity index (χ4v) is 3.65. The van der Waals surface area contributed by atoms with Gasteiger partial charge in [0.05, 0.1) is 31.8 Å². The molecule has 0 aliphatic rings. The lowest BCUT2D eigenvalue weighted by molar-refractivity contribution is -0.00421. The minimum absolute atomic E-state index is 0.0735. The molecule has 2 aromatic heterocycles. The van der Waals surface area contributed by atoms with Gasteiger partial charge < -0.3 is 19.2 Å². The topological polar surface area (TPSA) is 110 Å². The van der Waals surface area contributed by atoms with Crippen molar-refractivity contribution in [3.05, 3.63) is 40.4 Å². The van der Waals surface area contributed by atoms with Gasteiger partial charge in [-0.2, -0.15) is 9.97 Å². The fraction of sp³-hybridized carbons (Fsp3) is 0.400. The number of nitrogens with one attached hydrogen (secondary N) is 2. The third-order valence-electron chi connectivity index (χ3n) is 4.68. The van der Waals surface area contributed by atoms with Gasteiger partial charge in [0.1, 0.15) is 29.4 Å². The van der Waals surface area contributed by atoms with Crippen molar-refractivity contribution in [2.45, 2.75) is 44.5 Å². The molecule has 174 valence electrons. The van der Waals surface area contributed by atoms with Gasteiger partial charge in [-0.25, -0.2) is 17.8 Å². The molecule has 0 fully saturated rings. The van der Waals surface area contributed by atoms with Crippen molar-refractivity contribution in [1.29, 1.82) is 4.78 Å². The number of aromatic amines is 1. The van der Waals surface area contributed by atoms with Gasteiger partial charge in [-0.15, -0.1) is 0 Å². The van der Waals surface area contributed by atoms with Crippen LogP contribution in [0.25, 0.3) is 11.2 Å². The van der Waals surface area contributed by atoms with Crippen molar-refractivity contribution in [2.75, 3.05) is 12.9 Å². The van der Waals surface area contributed by atoms with Crippen molar-refractivity contribution in [3.8, 4) is 11.9 Å². The van der Waals surface area contributed by atoms with Gasteiger partial charge in [0.25, 0.3) is 6.01 Å². The first kappa shape index (κ1) is 24.1. The van der Waals surface area contributed by atoms with Crippen LogP contribution in [0.5, 0.6) is 11.9 Å². The largest absolute Gasteiger partial charge is 0.471 e. The van der Waals surface area contributed by atoms with Crippen LogP contribution < -0.4 is 9.47 Å². The van der Waals surface area contributed by atoms with E-state index >= 15 is 0 Å². The van der Waals surface area contributed by atoms with Crippen LogP contribution in [0.15, 0.2) is 23.1 Å². The molecule has 1 unspecified atom stereocenters. The monoisotopic (exact) mass is 488 g/mol. The number of hydrogen-bond donors (Lipinski definition) is 2. The van der Waals surface area contributed by atoms with E-state index in [1.165, 1.54) is 6.07 Å². The quantitative estimate of drug-likeness (QED) is 0.452. The Labute approximate surface area is 189 Å². The predicted octanol–water partition coefficient (Wildman–Crippen LogP) is 4.70. The lowest BCUT2D eigenvalue weighted by atomic mass is 10.2. The summed E-state index contributed by atoms with van der Waals surface area (Å²) >= 11 is 6.19. The van der Waals surface area contributed by atoms with E-state index < -0.39 is 33.5 Å². The molecule has 12 heteroatoms. The number of fused-ring (bicyclic) bond motifs is 1. The molecule has 0 aliphatic carbocycles. The van der Waals surface area contributed by atoms with Crippen LogP contribution >= 0.6 is 11.6 Å². The Balaban J connectivity index is 1.79. The summed E-state index contributed by atoms with van der Waals surface area (Å²) in [5, 5.41) is 0.101. The summed E-state index contributed by atoms with van der Waals surface area (Å²) in [4.78, 5) is 11.1. The number of rotatable bonds is 9. The zero-order chi connectivity index (χ0) is 23.6. The summed E-state index contributed by atoms with van der Waals surface area (Å²) in [6.07, 6.45) is 0.643. The van der Waals surface area contributed by atoms with Gasteiger partial charge in [-0.1, -0.05) is 11.6 Å². The van der Waals surface area contributed by atoms with Crippen LogP contribution in [-0.2, 0) is 21.1 Å². The number of aromatic nitrogens is 3. The molecule has 3 atom stereocenters. The second-order valence-corrected chi connectivity index (χ2v) is 9.74. The Morgan fingerprint density at radius 2 is 1.84 bits per heavy atom. The molecule has 3 rings (SSSR count). The summed E-state index contributed by atoms with van der Waals surface area (Å²) in [7, 11) is -3.26. The summed E-state index contributed by atoms with van der Waals surface area (Å²) in [6, 6.07) is 3.44. The first-order chi connectivity index (χ1) is 15.0. The first-order valence-corrected chi connectivity index (χ1v) is 12.0. The average Bonchev–Trinajstić information content (AvgIpc) is 3.07. The maximum absolute atomic E-state index is 14.3. The Morgan fingerprint density at radius 3 is 2.44 bits per heavy atom. The Hall–Kier alpha value is -2.50. The molecule has 3 aromatic rings. The molecule has 2 N–H and O–H groups in total. The van der Waals surface area contributed by atoms with Crippen molar-refractivity contribution >= 4 is 32.5 Å². The maximum Gasteiger partial charge on any atom is 0.296 e. The highest BCUT2D eigenvalue weighted by molar-refractivity contribution is 7.91. The summed E-state index contributed by atoms with van der Waals surface area (Å²) in [6.45, 7) is 5.65. The number of hydrogen-bond acceptors (Lipinski definition) is 7. The lowest BCUT2D eigenvalue weighted by Gasteiger charge is -2.19. The molecule has 0 radical (unpaired) electrons. The van der Waals surface area contributed by atoms with E-state index in [9.17, 15) is 13.0 Å². The van der Waals surface area contributed by atoms with E-state index in [4.69, 9.17) is 30.6 Å². The Bertz CT molecular complexity index is 1210. The van der Waals surface area contributed by atoms with Crippen LogP contribution in [0.1, 0.15) is 26.3 Å². The van der Waals surface area contributed by atoms with E-state index in [0.29, 0.717) is 12.1 Å². The molecular weight excluding hydrogens is 466 g/mol. The number of benzene rings is 1. The van der Waals surface area contributed by atoms with Crippen molar-refractivity contribution in [1.82, 2.24) is 15.0 Å². The van der Waals surface area contributed by atoms with Crippen LogP contribution in [0.2, 0.25) is 5.02 Å². The SMILES string of the molecule is CCO[C@@H](C)[C@@H](C)Oc1nc2nc(OCc3c(F)cc(S(C)(=N)=O)cc3F)c(Cl)cc2[nH]1. The second-order valence-electron chi connectivity index (χ2n) is 7.17. The number of ether oxygens (including phenoxy) is 3. The lowest BCUT2D eigenvalue weighted by Crippen LogP contribution is -2.29. The molecule has 0 saturated carbocycles. The zero-order valence-corrected chi connectivity index (χ0v) is 19.4. The van der Waals surface area contributed by atoms with Crippen LogP contribution in [0.4, 0.5) is 8.78 Å².